The molecular formula is C18H19F3N8. The van der Waals surface area contributed by atoms with E-state index >= 15 is 0 Å². The quantitative estimate of drug-likeness (QED) is 0.663. The van der Waals surface area contributed by atoms with Crippen LogP contribution < -0.4 is 9.80 Å². The molecule has 0 saturated carbocycles. The molecule has 29 heavy (non-hydrogen) atoms. The van der Waals surface area contributed by atoms with Gasteiger partial charge in [0, 0.05) is 51.1 Å². The smallest absolute Gasteiger partial charge is 0.353 e. The van der Waals surface area contributed by atoms with Gasteiger partial charge in [-0.2, -0.15) is 18.3 Å². The Balaban J connectivity index is 1.48. The van der Waals surface area contributed by atoms with Crippen molar-refractivity contribution in [3.8, 4) is 11.3 Å². The van der Waals surface area contributed by atoms with E-state index in [4.69, 9.17) is 0 Å². The number of alkyl halides is 3. The molecule has 0 radical (unpaired) electrons. The second kappa shape index (κ2) is 7.30. The number of hydrogen-bond donors (Lipinski definition) is 0. The van der Waals surface area contributed by atoms with E-state index < -0.39 is 11.9 Å². The van der Waals surface area contributed by atoms with E-state index in [2.05, 4.69) is 29.9 Å². The fraction of sp³-hybridized carbons (Fsp3) is 0.389. The summed E-state index contributed by atoms with van der Waals surface area (Å²) in [4.78, 5) is 20.5. The van der Waals surface area contributed by atoms with Gasteiger partial charge in [-0.1, -0.05) is 0 Å². The molecule has 0 N–H and O–H groups in total. The van der Waals surface area contributed by atoms with Gasteiger partial charge < -0.3 is 9.80 Å². The Morgan fingerprint density at radius 3 is 2.21 bits per heavy atom. The Labute approximate surface area is 165 Å². The Bertz CT molecular complexity index is 1010. The third-order valence-corrected chi connectivity index (χ3v) is 4.66. The monoisotopic (exact) mass is 404 g/mol. The lowest BCUT2D eigenvalue weighted by Gasteiger charge is -2.36. The van der Waals surface area contributed by atoms with Gasteiger partial charge >= 0.3 is 6.18 Å². The third-order valence-electron chi connectivity index (χ3n) is 4.66. The van der Waals surface area contributed by atoms with Crippen molar-refractivity contribution in [2.24, 2.45) is 7.05 Å². The third kappa shape index (κ3) is 4.13. The van der Waals surface area contributed by atoms with Gasteiger partial charge in [0.15, 0.2) is 0 Å². The fourth-order valence-corrected chi connectivity index (χ4v) is 3.22. The van der Waals surface area contributed by atoms with Gasteiger partial charge in [-0.15, -0.1) is 0 Å². The molecule has 8 nitrogen and oxygen atoms in total. The first-order valence-electron chi connectivity index (χ1n) is 9.03. The van der Waals surface area contributed by atoms with Crippen LogP contribution in [0, 0.1) is 6.92 Å². The van der Waals surface area contributed by atoms with E-state index in [0.29, 0.717) is 32.0 Å². The number of aromatic nitrogens is 6. The predicted molar refractivity (Wildman–Crippen MR) is 100 cm³/mol. The standard InChI is InChI=1S/C18H19F3N8/c1-12-24-15(18(19,20)21)7-16(25-12)28-3-5-29(6-4-28)17-10-22-9-14(26-17)13-8-23-27(2)11-13/h7-11H,3-6H2,1-2H3. The summed E-state index contributed by atoms with van der Waals surface area (Å²) in [6.07, 6.45) is 2.46. The van der Waals surface area contributed by atoms with Crippen molar-refractivity contribution in [2.45, 2.75) is 13.1 Å². The number of aryl methyl sites for hydroxylation is 2. The summed E-state index contributed by atoms with van der Waals surface area (Å²) >= 11 is 0. The summed E-state index contributed by atoms with van der Waals surface area (Å²) in [7, 11) is 1.83. The van der Waals surface area contributed by atoms with Crippen molar-refractivity contribution in [1.29, 1.82) is 0 Å². The second-order valence-corrected chi connectivity index (χ2v) is 6.80. The van der Waals surface area contributed by atoms with Crippen molar-refractivity contribution in [3.63, 3.8) is 0 Å². The van der Waals surface area contributed by atoms with Crippen molar-refractivity contribution < 1.29 is 13.2 Å². The van der Waals surface area contributed by atoms with Gasteiger partial charge in [0.25, 0.3) is 0 Å². The zero-order chi connectivity index (χ0) is 20.6. The molecule has 152 valence electrons. The summed E-state index contributed by atoms with van der Waals surface area (Å²) in [5.41, 5.74) is 0.674. The minimum atomic E-state index is -4.49. The van der Waals surface area contributed by atoms with Crippen LogP contribution in [-0.4, -0.2) is 55.9 Å². The Kier molecular flexibility index (Phi) is 4.81. The highest BCUT2D eigenvalue weighted by molar-refractivity contribution is 5.58. The van der Waals surface area contributed by atoms with Crippen LogP contribution in [0.3, 0.4) is 0 Å². The van der Waals surface area contributed by atoms with Gasteiger partial charge in [0.1, 0.15) is 23.2 Å². The van der Waals surface area contributed by atoms with Crippen LogP contribution in [-0.2, 0) is 13.2 Å². The molecule has 0 aromatic carbocycles. The zero-order valence-electron chi connectivity index (χ0n) is 15.9. The van der Waals surface area contributed by atoms with Gasteiger partial charge in [-0.05, 0) is 6.92 Å². The molecule has 0 spiro atoms. The molecular weight excluding hydrogens is 385 g/mol. The van der Waals surface area contributed by atoms with Crippen LogP contribution >= 0.6 is 0 Å². The van der Waals surface area contributed by atoms with Gasteiger partial charge in [-0.25, -0.2) is 15.0 Å². The predicted octanol–water partition coefficient (Wildman–Crippen LogP) is 2.32. The first-order chi connectivity index (χ1) is 13.8. The molecule has 1 saturated heterocycles. The average molecular weight is 404 g/mol. The summed E-state index contributed by atoms with van der Waals surface area (Å²) in [6, 6.07) is 1.01. The highest BCUT2D eigenvalue weighted by atomic mass is 19.4. The first-order valence-corrected chi connectivity index (χ1v) is 9.03. The second-order valence-electron chi connectivity index (χ2n) is 6.80. The minimum absolute atomic E-state index is 0.104. The van der Waals surface area contributed by atoms with Crippen molar-refractivity contribution in [1.82, 2.24) is 29.7 Å². The van der Waals surface area contributed by atoms with Crippen LogP contribution in [0.5, 0.6) is 0 Å². The van der Waals surface area contributed by atoms with Crippen LogP contribution in [0.15, 0.2) is 30.9 Å². The Morgan fingerprint density at radius 1 is 0.897 bits per heavy atom. The van der Waals surface area contributed by atoms with Crippen molar-refractivity contribution >= 4 is 11.6 Å². The topological polar surface area (TPSA) is 75.9 Å². The molecule has 0 atom stereocenters. The maximum atomic E-state index is 13.0. The lowest BCUT2D eigenvalue weighted by molar-refractivity contribution is -0.141. The van der Waals surface area contributed by atoms with E-state index in [9.17, 15) is 13.2 Å². The lowest BCUT2D eigenvalue weighted by atomic mass is 10.2. The molecule has 0 aliphatic carbocycles. The van der Waals surface area contributed by atoms with Crippen LogP contribution in [0.1, 0.15) is 11.5 Å². The van der Waals surface area contributed by atoms with Crippen LogP contribution in [0.4, 0.5) is 24.8 Å². The molecule has 1 aliphatic rings. The van der Waals surface area contributed by atoms with Crippen molar-refractivity contribution in [2.75, 3.05) is 36.0 Å². The maximum Gasteiger partial charge on any atom is 0.433 e. The number of nitrogens with zero attached hydrogens (tertiary/aromatic N) is 8. The van der Waals surface area contributed by atoms with Gasteiger partial charge in [0.05, 0.1) is 24.3 Å². The fourth-order valence-electron chi connectivity index (χ4n) is 3.22. The summed E-state index contributed by atoms with van der Waals surface area (Å²) in [6.45, 7) is 3.69. The van der Waals surface area contributed by atoms with Gasteiger partial charge in [0.2, 0.25) is 0 Å². The van der Waals surface area contributed by atoms with E-state index in [-0.39, 0.29) is 5.82 Å². The van der Waals surface area contributed by atoms with E-state index in [1.165, 1.54) is 6.92 Å². The van der Waals surface area contributed by atoms with Crippen LogP contribution in [0.25, 0.3) is 11.3 Å². The zero-order valence-corrected chi connectivity index (χ0v) is 15.9. The van der Waals surface area contributed by atoms with Crippen LogP contribution in [0.2, 0.25) is 0 Å². The average Bonchev–Trinajstić information content (AvgIpc) is 3.13. The highest BCUT2D eigenvalue weighted by Crippen LogP contribution is 2.30. The molecule has 0 bridgehead atoms. The molecule has 4 heterocycles. The van der Waals surface area contributed by atoms with Crippen molar-refractivity contribution in [3.05, 3.63) is 42.4 Å². The molecule has 0 unspecified atom stereocenters. The number of anilines is 2. The molecule has 1 fully saturated rings. The number of piperazine rings is 1. The lowest BCUT2D eigenvalue weighted by Crippen LogP contribution is -2.47. The minimum Gasteiger partial charge on any atom is -0.353 e. The molecule has 3 aromatic heterocycles. The first kappa shape index (κ1) is 19.1. The number of rotatable bonds is 3. The SMILES string of the molecule is Cc1nc(N2CCN(c3cncc(-c4cnn(C)c4)n3)CC2)cc(C(F)(F)F)n1. The number of hydrogen-bond acceptors (Lipinski definition) is 7. The van der Waals surface area contributed by atoms with E-state index in [0.717, 1.165) is 23.1 Å². The maximum absolute atomic E-state index is 13.0. The molecule has 1 aliphatic heterocycles. The summed E-state index contributed by atoms with van der Waals surface area (Å²) in [5.74, 6) is 1.12. The highest BCUT2D eigenvalue weighted by Gasteiger charge is 2.34. The molecule has 4 rings (SSSR count). The van der Waals surface area contributed by atoms with E-state index in [1.807, 2.05) is 18.1 Å². The summed E-state index contributed by atoms with van der Waals surface area (Å²) < 4.78 is 40.8. The number of halogens is 3. The summed E-state index contributed by atoms with van der Waals surface area (Å²) in [5, 5.41) is 4.15. The molecule has 11 heteroatoms. The Hall–Kier alpha value is -3.24. The largest absolute Gasteiger partial charge is 0.433 e. The molecule has 3 aromatic rings. The molecule has 0 amide bonds. The van der Waals surface area contributed by atoms with Gasteiger partial charge in [-0.3, -0.25) is 9.67 Å². The van der Waals surface area contributed by atoms with E-state index in [1.54, 1.807) is 23.3 Å². The Morgan fingerprint density at radius 2 is 1.59 bits per heavy atom. The normalized spacial score (nSPS) is 15.1.